The van der Waals surface area contributed by atoms with E-state index in [4.69, 9.17) is 4.74 Å². The van der Waals surface area contributed by atoms with Gasteiger partial charge in [-0.25, -0.2) is 0 Å². The van der Waals surface area contributed by atoms with Gasteiger partial charge in [-0.3, -0.25) is 4.98 Å². The standard InChI is InChI=1S/C14H22N2O/c1-11-10-17-8-7-16(11)12-5-6-13(15-9-12)14(2,3)4/h5-6,9,11H,7-8,10H2,1-4H3/t11-/m0/s1. The number of hydrogen-bond donors (Lipinski definition) is 0. The molecule has 2 rings (SSSR count). The second kappa shape index (κ2) is 4.65. The van der Waals surface area contributed by atoms with Crippen molar-refractivity contribution in [2.24, 2.45) is 0 Å². The Kier molecular flexibility index (Phi) is 3.38. The number of pyridine rings is 1. The van der Waals surface area contributed by atoms with Crippen LogP contribution in [0.1, 0.15) is 33.4 Å². The van der Waals surface area contributed by atoms with Crippen molar-refractivity contribution in [3.05, 3.63) is 24.0 Å². The molecule has 1 aromatic heterocycles. The summed E-state index contributed by atoms with van der Waals surface area (Å²) in [5, 5.41) is 0. The molecule has 94 valence electrons. The van der Waals surface area contributed by atoms with Gasteiger partial charge < -0.3 is 9.64 Å². The Hall–Kier alpha value is -1.09. The lowest BCUT2D eigenvalue weighted by Gasteiger charge is -2.35. The molecular weight excluding hydrogens is 212 g/mol. The maximum atomic E-state index is 5.45. The molecule has 0 aliphatic carbocycles. The van der Waals surface area contributed by atoms with Gasteiger partial charge in [0.05, 0.1) is 25.1 Å². The van der Waals surface area contributed by atoms with Crippen LogP contribution in [0.15, 0.2) is 18.3 Å². The quantitative estimate of drug-likeness (QED) is 0.747. The molecule has 1 aliphatic heterocycles. The zero-order chi connectivity index (χ0) is 12.5. The third-order valence-electron chi connectivity index (χ3n) is 3.22. The average molecular weight is 234 g/mol. The molecule has 1 atom stereocenters. The van der Waals surface area contributed by atoms with Gasteiger partial charge in [-0.1, -0.05) is 20.8 Å². The molecule has 0 unspecified atom stereocenters. The Morgan fingerprint density at radius 2 is 2.12 bits per heavy atom. The van der Waals surface area contributed by atoms with Crippen LogP contribution >= 0.6 is 0 Å². The van der Waals surface area contributed by atoms with Crippen LogP contribution in [0.3, 0.4) is 0 Å². The van der Waals surface area contributed by atoms with Crippen molar-refractivity contribution in [2.45, 2.75) is 39.2 Å². The largest absolute Gasteiger partial charge is 0.377 e. The van der Waals surface area contributed by atoms with Gasteiger partial charge in [-0.05, 0) is 19.1 Å². The normalized spacial score (nSPS) is 21.6. The van der Waals surface area contributed by atoms with Crippen molar-refractivity contribution in [3.8, 4) is 0 Å². The Bertz CT molecular complexity index is 367. The van der Waals surface area contributed by atoms with Crippen molar-refractivity contribution in [1.82, 2.24) is 4.98 Å². The van der Waals surface area contributed by atoms with Gasteiger partial charge in [-0.2, -0.15) is 0 Å². The Morgan fingerprint density at radius 3 is 2.65 bits per heavy atom. The second-order valence-electron chi connectivity index (χ2n) is 5.77. The maximum Gasteiger partial charge on any atom is 0.0668 e. The molecule has 0 bridgehead atoms. The van der Waals surface area contributed by atoms with E-state index in [2.05, 4.69) is 49.7 Å². The SMILES string of the molecule is C[C@H]1COCCN1c1ccc(C(C)(C)C)nc1. The van der Waals surface area contributed by atoms with Crippen LogP contribution in [0.5, 0.6) is 0 Å². The van der Waals surface area contributed by atoms with E-state index in [-0.39, 0.29) is 5.41 Å². The molecule has 0 spiro atoms. The molecule has 2 heterocycles. The number of morpholine rings is 1. The fraction of sp³-hybridized carbons (Fsp3) is 0.643. The van der Waals surface area contributed by atoms with Crippen molar-refractivity contribution in [2.75, 3.05) is 24.7 Å². The minimum atomic E-state index is 0.120. The topological polar surface area (TPSA) is 25.4 Å². The van der Waals surface area contributed by atoms with Crippen LogP contribution in [-0.2, 0) is 10.2 Å². The van der Waals surface area contributed by atoms with Crippen LogP contribution < -0.4 is 4.90 Å². The Balaban J connectivity index is 2.17. The summed E-state index contributed by atoms with van der Waals surface area (Å²) in [7, 11) is 0. The van der Waals surface area contributed by atoms with Crippen LogP contribution in [-0.4, -0.2) is 30.8 Å². The van der Waals surface area contributed by atoms with Crippen LogP contribution in [0.2, 0.25) is 0 Å². The monoisotopic (exact) mass is 234 g/mol. The molecule has 1 aliphatic rings. The van der Waals surface area contributed by atoms with Crippen molar-refractivity contribution in [1.29, 1.82) is 0 Å². The van der Waals surface area contributed by atoms with Gasteiger partial charge in [-0.15, -0.1) is 0 Å². The smallest absolute Gasteiger partial charge is 0.0668 e. The van der Waals surface area contributed by atoms with Crippen molar-refractivity contribution in [3.63, 3.8) is 0 Å². The molecule has 1 fully saturated rings. The van der Waals surface area contributed by atoms with Gasteiger partial charge >= 0.3 is 0 Å². The van der Waals surface area contributed by atoms with Crippen LogP contribution in [0.25, 0.3) is 0 Å². The molecule has 0 saturated carbocycles. The number of rotatable bonds is 1. The molecule has 0 radical (unpaired) electrons. The first-order chi connectivity index (χ1) is 7.98. The molecule has 3 heteroatoms. The zero-order valence-electron chi connectivity index (χ0n) is 11.2. The van der Waals surface area contributed by atoms with E-state index in [1.165, 1.54) is 5.69 Å². The number of aromatic nitrogens is 1. The summed E-state index contributed by atoms with van der Waals surface area (Å²) in [5.74, 6) is 0. The summed E-state index contributed by atoms with van der Waals surface area (Å²) in [6, 6.07) is 4.75. The predicted octanol–water partition coefficient (Wildman–Crippen LogP) is 2.60. The number of anilines is 1. The first kappa shape index (κ1) is 12.4. The van der Waals surface area contributed by atoms with Crippen molar-refractivity contribution < 1.29 is 4.74 Å². The highest BCUT2D eigenvalue weighted by Crippen LogP contribution is 2.24. The Labute approximate surface area is 104 Å². The maximum absolute atomic E-state index is 5.45. The van der Waals surface area contributed by atoms with E-state index in [1.807, 2.05) is 6.20 Å². The van der Waals surface area contributed by atoms with Gasteiger partial charge in [0.15, 0.2) is 0 Å². The summed E-state index contributed by atoms with van der Waals surface area (Å²) in [4.78, 5) is 6.94. The van der Waals surface area contributed by atoms with Gasteiger partial charge in [0.25, 0.3) is 0 Å². The van der Waals surface area contributed by atoms with E-state index in [9.17, 15) is 0 Å². The molecule has 17 heavy (non-hydrogen) atoms. The lowest BCUT2D eigenvalue weighted by molar-refractivity contribution is 0.0989. The summed E-state index contributed by atoms with van der Waals surface area (Å²) in [6.45, 7) is 11.3. The van der Waals surface area contributed by atoms with Crippen LogP contribution in [0, 0.1) is 0 Å². The summed E-state index contributed by atoms with van der Waals surface area (Å²) in [5.41, 5.74) is 2.46. The first-order valence-corrected chi connectivity index (χ1v) is 6.29. The zero-order valence-corrected chi connectivity index (χ0v) is 11.2. The van der Waals surface area contributed by atoms with E-state index in [0.29, 0.717) is 6.04 Å². The fourth-order valence-electron chi connectivity index (χ4n) is 2.11. The highest BCUT2D eigenvalue weighted by molar-refractivity contribution is 5.46. The predicted molar refractivity (Wildman–Crippen MR) is 70.6 cm³/mol. The molecular formula is C14H22N2O. The van der Waals surface area contributed by atoms with E-state index in [1.54, 1.807) is 0 Å². The molecule has 0 aromatic carbocycles. The Morgan fingerprint density at radius 1 is 1.35 bits per heavy atom. The molecule has 0 amide bonds. The third-order valence-corrected chi connectivity index (χ3v) is 3.22. The van der Waals surface area contributed by atoms with E-state index in [0.717, 1.165) is 25.5 Å². The third kappa shape index (κ3) is 2.78. The molecule has 1 saturated heterocycles. The highest BCUT2D eigenvalue weighted by Gasteiger charge is 2.20. The fourth-order valence-corrected chi connectivity index (χ4v) is 2.11. The summed E-state index contributed by atoms with van der Waals surface area (Å²) >= 11 is 0. The lowest BCUT2D eigenvalue weighted by atomic mass is 9.92. The van der Waals surface area contributed by atoms with Gasteiger partial charge in [0, 0.05) is 23.7 Å². The van der Waals surface area contributed by atoms with Crippen molar-refractivity contribution >= 4 is 5.69 Å². The first-order valence-electron chi connectivity index (χ1n) is 6.29. The molecule has 3 nitrogen and oxygen atoms in total. The second-order valence-corrected chi connectivity index (χ2v) is 5.77. The average Bonchev–Trinajstić information content (AvgIpc) is 2.29. The minimum Gasteiger partial charge on any atom is -0.377 e. The van der Waals surface area contributed by atoms with E-state index < -0.39 is 0 Å². The van der Waals surface area contributed by atoms with E-state index >= 15 is 0 Å². The number of hydrogen-bond acceptors (Lipinski definition) is 3. The highest BCUT2D eigenvalue weighted by atomic mass is 16.5. The summed E-state index contributed by atoms with van der Waals surface area (Å²) < 4.78 is 5.45. The molecule has 1 aromatic rings. The van der Waals surface area contributed by atoms with Crippen LogP contribution in [0.4, 0.5) is 5.69 Å². The number of ether oxygens (including phenoxy) is 1. The van der Waals surface area contributed by atoms with Gasteiger partial charge in [0.1, 0.15) is 0 Å². The number of nitrogens with zero attached hydrogens (tertiary/aromatic N) is 2. The van der Waals surface area contributed by atoms with Gasteiger partial charge in [0.2, 0.25) is 0 Å². The minimum absolute atomic E-state index is 0.120. The molecule has 0 N–H and O–H groups in total. The summed E-state index contributed by atoms with van der Waals surface area (Å²) in [6.07, 6.45) is 1.99. The lowest BCUT2D eigenvalue weighted by Crippen LogP contribution is -2.43.